The standard InChI is InChI=1S/C13H19BrN4O2S/c14-10-7-12(13(17-15)16-8-10)21(19,20)18-6-5-9-3-1-2-4-11(9)18/h7-9,11H,1-6,15H2,(H,16,17). The zero-order chi connectivity index (χ0) is 15.0. The van der Waals surface area contributed by atoms with Crippen molar-refractivity contribution in [2.75, 3.05) is 12.0 Å². The number of aromatic nitrogens is 1. The highest BCUT2D eigenvalue weighted by Gasteiger charge is 2.43. The van der Waals surface area contributed by atoms with Gasteiger partial charge in [-0.2, -0.15) is 4.31 Å². The van der Waals surface area contributed by atoms with Crippen molar-refractivity contribution in [2.45, 2.75) is 43.0 Å². The van der Waals surface area contributed by atoms with Crippen LogP contribution in [0.25, 0.3) is 0 Å². The molecule has 1 saturated carbocycles. The second-order valence-corrected chi connectivity index (χ2v) is 8.44. The van der Waals surface area contributed by atoms with E-state index in [0.717, 1.165) is 25.7 Å². The molecule has 0 aromatic carbocycles. The minimum atomic E-state index is -3.58. The molecule has 1 aliphatic carbocycles. The fraction of sp³-hybridized carbons (Fsp3) is 0.615. The number of nitrogens with zero attached hydrogens (tertiary/aromatic N) is 2. The maximum absolute atomic E-state index is 13.0. The lowest BCUT2D eigenvalue weighted by Gasteiger charge is -2.31. The summed E-state index contributed by atoms with van der Waals surface area (Å²) in [6.07, 6.45) is 6.89. The normalized spacial score (nSPS) is 26.6. The fourth-order valence-electron chi connectivity index (χ4n) is 3.51. The monoisotopic (exact) mass is 374 g/mol. The molecule has 21 heavy (non-hydrogen) atoms. The average Bonchev–Trinajstić information content (AvgIpc) is 2.92. The Morgan fingerprint density at radius 1 is 1.33 bits per heavy atom. The SMILES string of the molecule is NNc1ncc(Br)cc1S(=O)(=O)N1CCC2CCCCC21. The van der Waals surface area contributed by atoms with Gasteiger partial charge in [-0.3, -0.25) is 0 Å². The van der Waals surface area contributed by atoms with Gasteiger partial charge in [-0.15, -0.1) is 0 Å². The van der Waals surface area contributed by atoms with Gasteiger partial charge in [0.25, 0.3) is 0 Å². The Balaban J connectivity index is 1.99. The summed E-state index contributed by atoms with van der Waals surface area (Å²) in [6.45, 7) is 0.591. The van der Waals surface area contributed by atoms with Crippen LogP contribution in [-0.2, 0) is 10.0 Å². The third kappa shape index (κ3) is 2.69. The van der Waals surface area contributed by atoms with E-state index in [2.05, 4.69) is 26.3 Å². The minimum absolute atomic E-state index is 0.133. The number of hydrazine groups is 1. The zero-order valence-corrected chi connectivity index (χ0v) is 14.0. The van der Waals surface area contributed by atoms with Crippen LogP contribution in [0.3, 0.4) is 0 Å². The number of sulfonamides is 1. The van der Waals surface area contributed by atoms with E-state index < -0.39 is 10.0 Å². The molecule has 3 rings (SSSR count). The van der Waals surface area contributed by atoms with E-state index in [4.69, 9.17) is 5.84 Å². The number of fused-ring (bicyclic) bond motifs is 1. The molecule has 0 spiro atoms. The predicted molar refractivity (Wildman–Crippen MR) is 84.0 cm³/mol. The van der Waals surface area contributed by atoms with E-state index in [1.807, 2.05) is 0 Å². The van der Waals surface area contributed by atoms with Crippen LogP contribution in [-0.4, -0.2) is 30.3 Å². The molecule has 0 bridgehead atoms. The van der Waals surface area contributed by atoms with Gasteiger partial charge in [0, 0.05) is 23.3 Å². The highest BCUT2D eigenvalue weighted by Crippen LogP contribution is 2.40. The van der Waals surface area contributed by atoms with Crippen molar-refractivity contribution in [3.63, 3.8) is 0 Å². The number of anilines is 1. The van der Waals surface area contributed by atoms with E-state index in [0.29, 0.717) is 16.9 Å². The topological polar surface area (TPSA) is 88.3 Å². The van der Waals surface area contributed by atoms with E-state index in [9.17, 15) is 8.42 Å². The van der Waals surface area contributed by atoms with Crippen LogP contribution in [0.1, 0.15) is 32.1 Å². The number of nitrogen functional groups attached to an aromatic ring is 1. The molecule has 1 aliphatic heterocycles. The van der Waals surface area contributed by atoms with Crippen LogP contribution in [0.15, 0.2) is 21.6 Å². The fourth-order valence-corrected chi connectivity index (χ4v) is 5.86. The molecule has 0 radical (unpaired) electrons. The number of nitrogens with one attached hydrogen (secondary N) is 1. The first-order chi connectivity index (χ1) is 10.0. The third-order valence-electron chi connectivity index (χ3n) is 4.50. The van der Waals surface area contributed by atoms with Crippen LogP contribution in [0, 0.1) is 5.92 Å². The largest absolute Gasteiger partial charge is 0.307 e. The minimum Gasteiger partial charge on any atom is -0.307 e. The van der Waals surface area contributed by atoms with Crippen molar-refractivity contribution in [1.29, 1.82) is 0 Å². The molecule has 116 valence electrons. The second kappa shape index (κ2) is 5.83. The van der Waals surface area contributed by atoms with Gasteiger partial charge in [0.15, 0.2) is 5.82 Å². The first-order valence-electron chi connectivity index (χ1n) is 7.18. The van der Waals surface area contributed by atoms with E-state index >= 15 is 0 Å². The molecular formula is C13H19BrN4O2S. The van der Waals surface area contributed by atoms with Gasteiger partial charge in [0.1, 0.15) is 4.90 Å². The molecule has 6 nitrogen and oxygen atoms in total. The molecule has 0 amide bonds. The molecule has 2 atom stereocenters. The Hall–Kier alpha value is -0.700. The first kappa shape index (κ1) is 15.2. The lowest BCUT2D eigenvalue weighted by Crippen LogP contribution is -2.39. The quantitative estimate of drug-likeness (QED) is 0.624. The molecule has 2 unspecified atom stereocenters. The molecule has 2 heterocycles. The lowest BCUT2D eigenvalue weighted by molar-refractivity contribution is 0.260. The van der Waals surface area contributed by atoms with Crippen LogP contribution in [0.2, 0.25) is 0 Å². The van der Waals surface area contributed by atoms with Crippen LogP contribution in [0.4, 0.5) is 5.82 Å². The van der Waals surface area contributed by atoms with Gasteiger partial charge < -0.3 is 5.43 Å². The summed E-state index contributed by atoms with van der Waals surface area (Å²) in [6, 6.07) is 1.70. The number of hydrogen-bond acceptors (Lipinski definition) is 5. The summed E-state index contributed by atoms with van der Waals surface area (Å²) in [5.74, 6) is 6.11. The Bertz CT molecular complexity index is 637. The Morgan fingerprint density at radius 2 is 2.10 bits per heavy atom. The van der Waals surface area contributed by atoms with E-state index in [1.54, 1.807) is 10.4 Å². The third-order valence-corrected chi connectivity index (χ3v) is 6.87. The molecule has 2 fully saturated rings. The van der Waals surface area contributed by atoms with Gasteiger partial charge in [0.05, 0.1) is 0 Å². The van der Waals surface area contributed by atoms with E-state index in [-0.39, 0.29) is 16.8 Å². The predicted octanol–water partition coefficient (Wildman–Crippen LogP) is 2.08. The number of hydrogen-bond donors (Lipinski definition) is 2. The molecule has 8 heteroatoms. The number of pyridine rings is 1. The average molecular weight is 375 g/mol. The van der Waals surface area contributed by atoms with Crippen molar-refractivity contribution in [3.05, 3.63) is 16.7 Å². The van der Waals surface area contributed by atoms with E-state index in [1.165, 1.54) is 12.6 Å². The number of halogens is 1. The summed E-state index contributed by atoms with van der Waals surface area (Å²) >= 11 is 3.28. The first-order valence-corrected chi connectivity index (χ1v) is 9.41. The van der Waals surface area contributed by atoms with Crippen molar-refractivity contribution < 1.29 is 8.42 Å². The summed E-state index contributed by atoms with van der Waals surface area (Å²) in [5, 5.41) is 0. The van der Waals surface area contributed by atoms with Gasteiger partial charge in [-0.1, -0.05) is 12.8 Å². The van der Waals surface area contributed by atoms with Crippen molar-refractivity contribution >= 4 is 31.8 Å². The van der Waals surface area contributed by atoms with Crippen molar-refractivity contribution in [1.82, 2.24) is 9.29 Å². The molecule has 3 N–H and O–H groups in total. The van der Waals surface area contributed by atoms with Crippen LogP contribution < -0.4 is 11.3 Å². The van der Waals surface area contributed by atoms with Crippen LogP contribution >= 0.6 is 15.9 Å². The maximum Gasteiger partial charge on any atom is 0.247 e. The van der Waals surface area contributed by atoms with Gasteiger partial charge in [-0.05, 0) is 47.2 Å². The Morgan fingerprint density at radius 3 is 2.86 bits per heavy atom. The molecule has 1 aromatic rings. The number of rotatable bonds is 3. The summed E-state index contributed by atoms with van der Waals surface area (Å²) in [7, 11) is -3.58. The highest BCUT2D eigenvalue weighted by atomic mass is 79.9. The van der Waals surface area contributed by atoms with Gasteiger partial charge in [0.2, 0.25) is 10.0 Å². The second-order valence-electron chi connectivity index (χ2n) is 5.66. The number of nitrogens with two attached hydrogens (primary N) is 1. The van der Waals surface area contributed by atoms with Crippen LogP contribution in [0.5, 0.6) is 0 Å². The van der Waals surface area contributed by atoms with Gasteiger partial charge in [-0.25, -0.2) is 19.2 Å². The molecular weight excluding hydrogens is 356 g/mol. The highest BCUT2D eigenvalue weighted by molar-refractivity contribution is 9.10. The summed E-state index contributed by atoms with van der Waals surface area (Å²) < 4.78 is 28.3. The Kier molecular flexibility index (Phi) is 4.22. The maximum atomic E-state index is 13.0. The zero-order valence-electron chi connectivity index (χ0n) is 11.6. The van der Waals surface area contributed by atoms with Crippen molar-refractivity contribution in [2.24, 2.45) is 11.8 Å². The lowest BCUT2D eigenvalue weighted by atomic mass is 9.86. The van der Waals surface area contributed by atoms with Crippen molar-refractivity contribution in [3.8, 4) is 0 Å². The smallest absolute Gasteiger partial charge is 0.247 e. The molecule has 1 saturated heterocycles. The Labute approximate surface area is 133 Å². The molecule has 2 aliphatic rings. The van der Waals surface area contributed by atoms with Gasteiger partial charge >= 0.3 is 0 Å². The summed E-state index contributed by atoms with van der Waals surface area (Å²) in [5.41, 5.74) is 2.39. The molecule has 1 aromatic heterocycles. The summed E-state index contributed by atoms with van der Waals surface area (Å²) in [4.78, 5) is 4.19.